The van der Waals surface area contributed by atoms with Gasteiger partial charge < -0.3 is 16.0 Å². The molecule has 0 saturated heterocycles. The number of hydrogen-bond acceptors (Lipinski definition) is 2. The van der Waals surface area contributed by atoms with E-state index in [9.17, 15) is 4.79 Å². The fourth-order valence-electron chi connectivity index (χ4n) is 3.41. The van der Waals surface area contributed by atoms with Gasteiger partial charge >= 0.3 is 0 Å². The van der Waals surface area contributed by atoms with E-state index in [0.717, 1.165) is 37.6 Å². The quantitative estimate of drug-likeness (QED) is 0.789. The van der Waals surface area contributed by atoms with Gasteiger partial charge in [0.1, 0.15) is 0 Å². The zero-order chi connectivity index (χ0) is 14.7. The molecule has 0 radical (unpaired) electrons. The summed E-state index contributed by atoms with van der Waals surface area (Å²) in [6.45, 7) is 1.13. The summed E-state index contributed by atoms with van der Waals surface area (Å²) in [6.07, 6.45) is 6.98. The van der Waals surface area contributed by atoms with Crippen LogP contribution in [0.25, 0.3) is 10.9 Å². The van der Waals surface area contributed by atoms with Crippen LogP contribution in [-0.2, 0) is 11.2 Å². The van der Waals surface area contributed by atoms with E-state index in [1.165, 1.54) is 10.9 Å². The molecule has 1 aromatic carbocycles. The van der Waals surface area contributed by atoms with Crippen molar-refractivity contribution >= 4 is 16.8 Å². The topological polar surface area (TPSA) is 70.9 Å². The van der Waals surface area contributed by atoms with Crippen molar-refractivity contribution in [1.29, 1.82) is 0 Å². The van der Waals surface area contributed by atoms with Crippen molar-refractivity contribution in [1.82, 2.24) is 10.3 Å². The Balaban J connectivity index is 1.60. The normalized spacial score (nSPS) is 17.2. The van der Waals surface area contributed by atoms with E-state index in [4.69, 9.17) is 5.73 Å². The molecule has 1 aliphatic rings. The van der Waals surface area contributed by atoms with Gasteiger partial charge in [-0.15, -0.1) is 0 Å². The Morgan fingerprint density at radius 3 is 2.81 bits per heavy atom. The molecule has 0 aliphatic heterocycles. The number of para-hydroxylation sites is 1. The number of aromatic nitrogens is 1. The summed E-state index contributed by atoms with van der Waals surface area (Å²) in [4.78, 5) is 15.7. The van der Waals surface area contributed by atoms with Crippen molar-refractivity contribution in [2.75, 3.05) is 13.1 Å². The first-order valence-corrected chi connectivity index (χ1v) is 7.78. The van der Waals surface area contributed by atoms with E-state index in [0.29, 0.717) is 13.1 Å². The molecule has 1 saturated carbocycles. The molecule has 0 unspecified atom stereocenters. The predicted octanol–water partition coefficient (Wildman–Crippen LogP) is 2.35. The third-order valence-corrected chi connectivity index (χ3v) is 4.79. The van der Waals surface area contributed by atoms with E-state index in [1.54, 1.807) is 0 Å². The maximum atomic E-state index is 12.4. The smallest absolute Gasteiger partial charge is 0.227 e. The molecule has 1 heterocycles. The number of rotatable bonds is 5. The SMILES string of the molecule is NCC1(C(=O)NCCc2c[nH]c3ccccc23)CCCC1. The van der Waals surface area contributed by atoms with Crippen LogP contribution in [0.4, 0.5) is 0 Å². The molecule has 4 N–H and O–H groups in total. The number of nitrogens with two attached hydrogens (primary N) is 1. The standard InChI is InChI=1S/C17H23N3O/c18-12-17(8-3-4-9-17)16(21)19-10-7-13-11-20-15-6-2-1-5-14(13)15/h1-2,5-6,11,20H,3-4,7-10,12,18H2,(H,19,21). The highest BCUT2D eigenvalue weighted by Gasteiger charge is 2.39. The highest BCUT2D eigenvalue weighted by molar-refractivity contribution is 5.84. The van der Waals surface area contributed by atoms with Gasteiger partial charge in [-0.3, -0.25) is 4.79 Å². The lowest BCUT2D eigenvalue weighted by Crippen LogP contribution is -2.44. The van der Waals surface area contributed by atoms with Gasteiger partial charge in [-0.2, -0.15) is 0 Å². The van der Waals surface area contributed by atoms with Gasteiger partial charge in [-0.25, -0.2) is 0 Å². The van der Waals surface area contributed by atoms with Crippen molar-refractivity contribution in [3.8, 4) is 0 Å². The van der Waals surface area contributed by atoms with Gasteiger partial charge in [0.2, 0.25) is 5.91 Å². The van der Waals surface area contributed by atoms with Gasteiger partial charge in [0.05, 0.1) is 5.41 Å². The molecule has 0 spiro atoms. The summed E-state index contributed by atoms with van der Waals surface area (Å²) in [5.41, 5.74) is 7.93. The number of benzene rings is 1. The lowest BCUT2D eigenvalue weighted by Gasteiger charge is -2.25. The van der Waals surface area contributed by atoms with Crippen LogP contribution in [0.1, 0.15) is 31.2 Å². The Morgan fingerprint density at radius 2 is 2.05 bits per heavy atom. The maximum absolute atomic E-state index is 12.4. The molecule has 1 fully saturated rings. The van der Waals surface area contributed by atoms with Gasteiger partial charge in [0.25, 0.3) is 0 Å². The molecule has 4 nitrogen and oxygen atoms in total. The zero-order valence-corrected chi connectivity index (χ0v) is 12.3. The number of H-pyrrole nitrogens is 1. The summed E-state index contributed by atoms with van der Waals surface area (Å²) < 4.78 is 0. The molecule has 1 aliphatic carbocycles. The first-order chi connectivity index (χ1) is 10.2. The fraction of sp³-hybridized carbons (Fsp3) is 0.471. The first-order valence-electron chi connectivity index (χ1n) is 7.78. The van der Waals surface area contributed by atoms with Crippen molar-refractivity contribution < 1.29 is 4.79 Å². The zero-order valence-electron chi connectivity index (χ0n) is 12.3. The molecule has 1 amide bonds. The van der Waals surface area contributed by atoms with Crippen LogP contribution in [0.15, 0.2) is 30.5 Å². The van der Waals surface area contributed by atoms with Crippen LogP contribution in [0, 0.1) is 5.41 Å². The van der Waals surface area contributed by atoms with Crippen LogP contribution >= 0.6 is 0 Å². The van der Waals surface area contributed by atoms with E-state index in [1.807, 2.05) is 18.3 Å². The Kier molecular flexibility index (Phi) is 3.97. The number of hydrogen-bond donors (Lipinski definition) is 3. The third kappa shape index (κ3) is 2.68. The average molecular weight is 285 g/mol. The van der Waals surface area contributed by atoms with Crippen LogP contribution in [0.2, 0.25) is 0 Å². The number of fused-ring (bicyclic) bond motifs is 1. The highest BCUT2D eigenvalue weighted by atomic mass is 16.2. The Hall–Kier alpha value is -1.81. The number of amides is 1. The monoisotopic (exact) mass is 285 g/mol. The summed E-state index contributed by atoms with van der Waals surface area (Å²) in [5.74, 6) is 0.141. The second-order valence-electron chi connectivity index (χ2n) is 6.06. The number of carbonyl (C=O) groups is 1. The molecule has 3 rings (SSSR count). The molecule has 21 heavy (non-hydrogen) atoms. The second kappa shape index (κ2) is 5.90. The molecule has 1 aromatic heterocycles. The van der Waals surface area contributed by atoms with E-state index < -0.39 is 0 Å². The van der Waals surface area contributed by atoms with Crippen LogP contribution in [0.5, 0.6) is 0 Å². The van der Waals surface area contributed by atoms with Gasteiger partial charge in [0.15, 0.2) is 0 Å². The van der Waals surface area contributed by atoms with Crippen molar-refractivity contribution in [3.05, 3.63) is 36.0 Å². The lowest BCUT2D eigenvalue weighted by atomic mass is 9.85. The van der Waals surface area contributed by atoms with E-state index in [-0.39, 0.29) is 11.3 Å². The predicted molar refractivity (Wildman–Crippen MR) is 85.0 cm³/mol. The largest absolute Gasteiger partial charge is 0.361 e. The number of aromatic amines is 1. The fourth-order valence-corrected chi connectivity index (χ4v) is 3.41. The highest BCUT2D eigenvalue weighted by Crippen LogP contribution is 2.37. The Bertz CT molecular complexity index is 626. The van der Waals surface area contributed by atoms with Gasteiger partial charge in [-0.1, -0.05) is 31.0 Å². The number of carbonyl (C=O) groups excluding carboxylic acids is 1. The van der Waals surface area contributed by atoms with Gasteiger partial charge in [-0.05, 0) is 30.9 Å². The van der Waals surface area contributed by atoms with Crippen LogP contribution < -0.4 is 11.1 Å². The third-order valence-electron chi connectivity index (χ3n) is 4.79. The maximum Gasteiger partial charge on any atom is 0.227 e. The molecule has 0 bridgehead atoms. The minimum absolute atomic E-state index is 0.141. The summed E-state index contributed by atoms with van der Waals surface area (Å²) >= 11 is 0. The molecule has 112 valence electrons. The van der Waals surface area contributed by atoms with Crippen molar-refractivity contribution in [3.63, 3.8) is 0 Å². The van der Waals surface area contributed by atoms with E-state index in [2.05, 4.69) is 22.4 Å². The molecule has 4 heteroatoms. The Morgan fingerprint density at radius 1 is 1.29 bits per heavy atom. The van der Waals surface area contributed by atoms with Crippen molar-refractivity contribution in [2.24, 2.45) is 11.1 Å². The molecule has 0 atom stereocenters. The molecular formula is C17H23N3O. The summed E-state index contributed by atoms with van der Waals surface area (Å²) in [6, 6.07) is 8.25. The van der Waals surface area contributed by atoms with Gasteiger partial charge in [0, 0.05) is 30.2 Å². The molecule has 2 aromatic rings. The second-order valence-corrected chi connectivity index (χ2v) is 6.06. The summed E-state index contributed by atoms with van der Waals surface area (Å²) in [7, 11) is 0. The Labute approximate surface area is 125 Å². The van der Waals surface area contributed by atoms with E-state index >= 15 is 0 Å². The average Bonchev–Trinajstić information content (AvgIpc) is 3.15. The van der Waals surface area contributed by atoms with Crippen LogP contribution in [0.3, 0.4) is 0 Å². The summed E-state index contributed by atoms with van der Waals surface area (Å²) in [5, 5.41) is 4.32. The first kappa shape index (κ1) is 14.1. The van der Waals surface area contributed by atoms with Crippen molar-refractivity contribution in [2.45, 2.75) is 32.1 Å². The lowest BCUT2D eigenvalue weighted by molar-refractivity contribution is -0.130. The minimum Gasteiger partial charge on any atom is -0.361 e. The number of nitrogens with one attached hydrogen (secondary N) is 2. The van der Waals surface area contributed by atoms with Crippen LogP contribution in [-0.4, -0.2) is 24.0 Å². The molecular weight excluding hydrogens is 262 g/mol. The minimum atomic E-state index is -0.305.